The molecule has 1 aliphatic rings. The summed E-state index contributed by atoms with van der Waals surface area (Å²) in [5, 5.41) is 0. The summed E-state index contributed by atoms with van der Waals surface area (Å²) in [7, 11) is 0. The first-order valence-electron chi connectivity index (χ1n) is 10.7. The molecule has 3 aromatic rings. The molecular weight excluding hydrogens is 546 g/mol. The van der Waals surface area contributed by atoms with E-state index < -0.39 is 5.97 Å². The lowest BCUT2D eigenvalue weighted by molar-refractivity contribution is -0.129. The van der Waals surface area contributed by atoms with Crippen LogP contribution in [0.5, 0.6) is 5.75 Å². The Morgan fingerprint density at radius 1 is 1.00 bits per heavy atom. The molecule has 0 N–H and O–H groups in total. The summed E-state index contributed by atoms with van der Waals surface area (Å²) in [6, 6.07) is 21.9. The maximum Gasteiger partial charge on any atom is 0.363 e. The molecule has 0 aliphatic carbocycles. The van der Waals surface area contributed by atoms with E-state index in [0.717, 1.165) is 32.2 Å². The van der Waals surface area contributed by atoms with Crippen molar-refractivity contribution < 1.29 is 14.3 Å². The van der Waals surface area contributed by atoms with Crippen molar-refractivity contribution in [2.45, 2.75) is 26.2 Å². The van der Waals surface area contributed by atoms with E-state index in [1.807, 2.05) is 54.6 Å². The number of rotatable bonds is 7. The zero-order valence-corrected chi connectivity index (χ0v) is 21.5. The first-order valence-corrected chi connectivity index (χ1v) is 12.3. The number of carbonyl (C=O) groups excluding carboxylic acids is 1. The van der Waals surface area contributed by atoms with Gasteiger partial charge in [-0.25, -0.2) is 9.79 Å². The van der Waals surface area contributed by atoms with Crippen molar-refractivity contribution in [1.82, 2.24) is 0 Å². The third-order valence-corrected chi connectivity index (χ3v) is 6.43. The van der Waals surface area contributed by atoms with E-state index in [0.29, 0.717) is 18.4 Å². The summed E-state index contributed by atoms with van der Waals surface area (Å²) in [4.78, 5) is 16.8. The minimum Gasteiger partial charge on any atom is -0.491 e. The van der Waals surface area contributed by atoms with Crippen LogP contribution in [0.3, 0.4) is 0 Å². The highest BCUT2D eigenvalue weighted by Crippen LogP contribution is 2.36. The van der Waals surface area contributed by atoms with Crippen LogP contribution in [0.25, 0.3) is 6.08 Å². The Hall–Kier alpha value is -2.70. The van der Waals surface area contributed by atoms with E-state index >= 15 is 0 Å². The second-order valence-electron chi connectivity index (χ2n) is 8.01. The fourth-order valence-corrected chi connectivity index (χ4v) is 4.87. The minimum absolute atomic E-state index is 0.259. The lowest BCUT2D eigenvalue weighted by Gasteiger charge is -2.11. The Morgan fingerprint density at radius 2 is 1.67 bits per heavy atom. The molecule has 4 rings (SSSR count). The molecule has 4 nitrogen and oxygen atoms in total. The molecule has 33 heavy (non-hydrogen) atoms. The highest BCUT2D eigenvalue weighted by atomic mass is 79.9. The Labute approximate surface area is 210 Å². The number of carbonyl (C=O) groups is 1. The molecular formula is C27H23Br2NO3. The topological polar surface area (TPSA) is 47.9 Å². The van der Waals surface area contributed by atoms with Gasteiger partial charge in [-0.1, -0.05) is 56.3 Å². The monoisotopic (exact) mass is 567 g/mol. The van der Waals surface area contributed by atoms with Crippen molar-refractivity contribution in [3.05, 3.63) is 104 Å². The molecule has 0 spiro atoms. The van der Waals surface area contributed by atoms with Crippen LogP contribution in [0, 0.1) is 0 Å². The Balaban J connectivity index is 1.49. The van der Waals surface area contributed by atoms with Gasteiger partial charge in [0.1, 0.15) is 5.75 Å². The van der Waals surface area contributed by atoms with Crippen LogP contribution in [-0.4, -0.2) is 18.5 Å². The largest absolute Gasteiger partial charge is 0.491 e. The summed E-state index contributed by atoms with van der Waals surface area (Å²) in [6.07, 6.45) is 2.52. The number of cyclic esters (lactones) is 1. The van der Waals surface area contributed by atoms with Crippen molar-refractivity contribution in [2.24, 2.45) is 4.99 Å². The third-order valence-electron chi connectivity index (χ3n) is 5.25. The number of nitrogens with zero attached hydrogens (tertiary/aromatic N) is 1. The van der Waals surface area contributed by atoms with E-state index in [2.05, 4.69) is 62.8 Å². The number of benzene rings is 3. The van der Waals surface area contributed by atoms with Gasteiger partial charge in [0.25, 0.3) is 0 Å². The maximum absolute atomic E-state index is 12.4. The molecule has 1 heterocycles. The van der Waals surface area contributed by atoms with Gasteiger partial charge < -0.3 is 9.47 Å². The molecule has 168 valence electrons. The first-order chi connectivity index (χ1) is 15.9. The second-order valence-corrected chi connectivity index (χ2v) is 9.72. The zero-order chi connectivity index (χ0) is 23.4. The fourth-order valence-electron chi connectivity index (χ4n) is 3.42. The van der Waals surface area contributed by atoms with Crippen LogP contribution in [0.15, 0.2) is 86.4 Å². The second kappa shape index (κ2) is 10.5. The van der Waals surface area contributed by atoms with Gasteiger partial charge in [-0.15, -0.1) is 0 Å². The Morgan fingerprint density at radius 3 is 2.30 bits per heavy atom. The van der Waals surface area contributed by atoms with Crippen LogP contribution in [0.1, 0.15) is 42.0 Å². The summed E-state index contributed by atoms with van der Waals surface area (Å²) >= 11 is 7.16. The average Bonchev–Trinajstić information content (AvgIpc) is 3.16. The van der Waals surface area contributed by atoms with Crippen molar-refractivity contribution in [3.8, 4) is 5.75 Å². The molecule has 0 amide bonds. The summed E-state index contributed by atoms with van der Waals surface area (Å²) in [5.41, 5.74) is 4.28. The molecule has 0 saturated carbocycles. The summed E-state index contributed by atoms with van der Waals surface area (Å²) in [6.45, 7) is 4.83. The predicted octanol–water partition coefficient (Wildman–Crippen LogP) is 7.30. The van der Waals surface area contributed by atoms with Gasteiger partial charge in [0, 0.05) is 12.0 Å². The lowest BCUT2D eigenvalue weighted by atomic mass is 10.0. The van der Waals surface area contributed by atoms with Crippen molar-refractivity contribution in [2.75, 3.05) is 6.61 Å². The van der Waals surface area contributed by atoms with Crippen LogP contribution in [0.2, 0.25) is 0 Å². The van der Waals surface area contributed by atoms with Gasteiger partial charge in [0.15, 0.2) is 5.70 Å². The van der Waals surface area contributed by atoms with Crippen LogP contribution >= 0.6 is 31.9 Å². The number of aliphatic imine (C=N–C) groups is 1. The average molecular weight is 569 g/mol. The first kappa shape index (κ1) is 23.5. The van der Waals surface area contributed by atoms with Crippen molar-refractivity contribution in [3.63, 3.8) is 0 Å². The highest BCUT2D eigenvalue weighted by Gasteiger charge is 2.24. The minimum atomic E-state index is -0.464. The highest BCUT2D eigenvalue weighted by molar-refractivity contribution is 9.11. The number of esters is 1. The molecule has 6 heteroatoms. The number of hydrogen-bond acceptors (Lipinski definition) is 4. The molecule has 0 bridgehead atoms. The van der Waals surface area contributed by atoms with E-state index in [-0.39, 0.29) is 5.70 Å². The number of halogens is 2. The van der Waals surface area contributed by atoms with E-state index in [4.69, 9.17) is 9.47 Å². The van der Waals surface area contributed by atoms with Crippen LogP contribution in [-0.2, 0) is 16.0 Å². The Bertz CT molecular complexity index is 1190. The van der Waals surface area contributed by atoms with Crippen molar-refractivity contribution >= 4 is 49.8 Å². The van der Waals surface area contributed by atoms with Gasteiger partial charge in [0.05, 0.1) is 15.6 Å². The van der Waals surface area contributed by atoms with Gasteiger partial charge >= 0.3 is 5.97 Å². The normalized spacial score (nSPS) is 14.5. The molecule has 0 radical (unpaired) electrons. The third kappa shape index (κ3) is 5.81. The van der Waals surface area contributed by atoms with E-state index in [1.54, 1.807) is 6.08 Å². The molecule has 0 unspecified atom stereocenters. The molecule has 0 aromatic heterocycles. The van der Waals surface area contributed by atoms with Crippen LogP contribution < -0.4 is 4.74 Å². The van der Waals surface area contributed by atoms with Crippen LogP contribution in [0.4, 0.5) is 0 Å². The van der Waals surface area contributed by atoms with E-state index in [1.165, 1.54) is 11.1 Å². The number of ether oxygens (including phenoxy) is 2. The number of hydrogen-bond donors (Lipinski definition) is 0. The molecule has 1 aliphatic heterocycles. The molecule has 0 fully saturated rings. The molecule has 0 saturated heterocycles. The standard InChI is InChI=1S/C27H23Br2NO3/c1-17(2)20-8-10-21(11-9-20)26-30-24(27(31)33-26)16-19-14-22(28)25(23(29)15-19)32-13-12-18-6-4-3-5-7-18/h3-11,14-17H,12-13H2,1-2H3/b24-16-. The molecule has 0 atom stereocenters. The Kier molecular flexibility index (Phi) is 7.46. The molecule has 3 aromatic carbocycles. The predicted molar refractivity (Wildman–Crippen MR) is 139 cm³/mol. The van der Waals surface area contributed by atoms with E-state index in [9.17, 15) is 4.79 Å². The van der Waals surface area contributed by atoms with Crippen molar-refractivity contribution in [1.29, 1.82) is 0 Å². The summed E-state index contributed by atoms with van der Waals surface area (Å²) in [5.74, 6) is 1.01. The maximum atomic E-state index is 12.4. The zero-order valence-electron chi connectivity index (χ0n) is 18.3. The van der Waals surface area contributed by atoms with Gasteiger partial charge in [-0.2, -0.15) is 0 Å². The van der Waals surface area contributed by atoms with Gasteiger partial charge in [-0.05, 0) is 84.8 Å². The fraction of sp³-hybridized carbons (Fsp3) is 0.185. The quantitative estimate of drug-likeness (QED) is 0.222. The van der Waals surface area contributed by atoms with Gasteiger partial charge in [0.2, 0.25) is 5.90 Å². The van der Waals surface area contributed by atoms with Gasteiger partial charge in [-0.3, -0.25) is 0 Å². The smallest absolute Gasteiger partial charge is 0.363 e. The lowest BCUT2D eigenvalue weighted by Crippen LogP contribution is -2.05. The summed E-state index contributed by atoms with van der Waals surface area (Å²) < 4.78 is 13.0. The SMILES string of the molecule is CC(C)c1ccc(C2=N/C(=C\c3cc(Br)c(OCCc4ccccc4)c(Br)c3)C(=O)O2)cc1.